The van der Waals surface area contributed by atoms with Gasteiger partial charge in [-0.25, -0.2) is 9.38 Å². The molecule has 1 aliphatic rings. The maximum Gasteiger partial charge on any atom is 0.150 e. The summed E-state index contributed by atoms with van der Waals surface area (Å²) in [4.78, 5) is 5.04. The molecule has 1 N–H and O–H groups in total. The molecule has 9 heteroatoms. The van der Waals surface area contributed by atoms with Crippen molar-refractivity contribution in [1.29, 1.82) is 0 Å². The van der Waals surface area contributed by atoms with Gasteiger partial charge in [0.1, 0.15) is 23.4 Å². The minimum atomic E-state index is -1.95. The number of alkyl halides is 1. The van der Waals surface area contributed by atoms with Crippen LogP contribution in [0.4, 0.5) is 15.8 Å². The van der Waals surface area contributed by atoms with Crippen molar-refractivity contribution < 1.29 is 22.8 Å². The smallest absolute Gasteiger partial charge is 0.150 e. The number of hydrogen-bond donors (Lipinski definition) is 1. The van der Waals surface area contributed by atoms with Crippen LogP contribution in [0.2, 0.25) is 0 Å². The van der Waals surface area contributed by atoms with Crippen molar-refractivity contribution in [2.75, 3.05) is 45.2 Å². The molecule has 0 amide bonds. The lowest BCUT2D eigenvalue weighted by Crippen LogP contribution is -2.31. The minimum Gasteiger partial charge on any atom is -0.483 e. The van der Waals surface area contributed by atoms with Crippen LogP contribution in [0.5, 0.6) is 5.75 Å². The van der Waals surface area contributed by atoms with Crippen molar-refractivity contribution in [2.45, 2.75) is 57.6 Å². The van der Waals surface area contributed by atoms with Gasteiger partial charge in [-0.15, -0.1) is 11.6 Å². The zero-order valence-corrected chi connectivity index (χ0v) is 26.1. The van der Waals surface area contributed by atoms with Gasteiger partial charge in [0.2, 0.25) is 0 Å². The Kier molecular flexibility index (Phi) is 11.6. The maximum absolute atomic E-state index is 14.4. The molecule has 1 saturated heterocycles. The van der Waals surface area contributed by atoms with Gasteiger partial charge in [-0.1, -0.05) is 25.5 Å². The van der Waals surface area contributed by atoms with Gasteiger partial charge in [0.25, 0.3) is 0 Å². The largest absolute Gasteiger partial charge is 0.483 e. The molecule has 220 valence electrons. The molecule has 1 heterocycles. The van der Waals surface area contributed by atoms with Crippen LogP contribution in [0.1, 0.15) is 56.2 Å². The molecule has 0 aliphatic carbocycles. The van der Waals surface area contributed by atoms with E-state index in [0.29, 0.717) is 36.8 Å². The molecular formula is C31H42ClFN2O4S. The second kappa shape index (κ2) is 14.5. The van der Waals surface area contributed by atoms with E-state index in [1.54, 1.807) is 25.7 Å². The average molecular weight is 593 g/mol. The predicted octanol–water partition coefficient (Wildman–Crippen LogP) is 6.72. The van der Waals surface area contributed by atoms with Crippen LogP contribution in [0.3, 0.4) is 0 Å². The van der Waals surface area contributed by atoms with Crippen molar-refractivity contribution in [3.63, 3.8) is 0 Å². The van der Waals surface area contributed by atoms with Gasteiger partial charge in [-0.2, -0.15) is 0 Å². The van der Waals surface area contributed by atoms with E-state index in [1.165, 1.54) is 12.1 Å². The summed E-state index contributed by atoms with van der Waals surface area (Å²) in [6, 6.07) is 8.54. The maximum atomic E-state index is 14.4. The number of aliphatic imine (C=N–C) groups is 1. The first-order chi connectivity index (χ1) is 19.0. The van der Waals surface area contributed by atoms with E-state index < -0.39 is 15.3 Å². The number of benzene rings is 2. The summed E-state index contributed by atoms with van der Waals surface area (Å²) in [7, 11) is 1.52. The highest BCUT2D eigenvalue weighted by atomic mass is 35.5. The highest BCUT2D eigenvalue weighted by Gasteiger charge is 2.31. The van der Waals surface area contributed by atoms with Crippen LogP contribution >= 0.6 is 11.6 Å². The lowest BCUT2D eigenvalue weighted by atomic mass is 9.91. The molecule has 3 unspecified atom stereocenters. The summed E-state index contributed by atoms with van der Waals surface area (Å²) < 4.78 is 43.8. The summed E-state index contributed by atoms with van der Waals surface area (Å²) in [6.45, 7) is 7.02. The van der Waals surface area contributed by atoms with E-state index in [0.717, 1.165) is 34.4 Å². The summed E-state index contributed by atoms with van der Waals surface area (Å²) in [6.07, 6.45) is 6.44. The van der Waals surface area contributed by atoms with Crippen molar-refractivity contribution >= 4 is 43.6 Å². The Balaban J connectivity index is 2.17. The lowest BCUT2D eigenvalue weighted by molar-refractivity contribution is 0.0327. The third kappa shape index (κ3) is 8.56. The molecule has 0 spiro atoms. The third-order valence-electron chi connectivity index (χ3n) is 7.00. The van der Waals surface area contributed by atoms with Gasteiger partial charge in [-0.3, -0.25) is 4.21 Å². The molecule has 0 saturated carbocycles. The predicted molar refractivity (Wildman–Crippen MR) is 167 cm³/mol. The highest BCUT2D eigenvalue weighted by Crippen LogP contribution is 2.35. The number of anilines is 1. The normalized spacial score (nSPS) is 19.0. The van der Waals surface area contributed by atoms with Crippen molar-refractivity contribution in [3.05, 3.63) is 64.5 Å². The molecule has 2 aromatic rings. The van der Waals surface area contributed by atoms with Crippen molar-refractivity contribution in [3.8, 4) is 5.75 Å². The second-order valence-electron chi connectivity index (χ2n) is 10.5. The number of ether oxygens (including phenoxy) is 3. The first-order valence-electron chi connectivity index (χ1n) is 13.5. The Bertz CT molecular complexity index is 1330. The average Bonchev–Trinajstić information content (AvgIpc) is 3.38. The number of rotatable bonds is 12. The van der Waals surface area contributed by atoms with Crippen molar-refractivity contribution in [2.24, 2.45) is 4.99 Å². The summed E-state index contributed by atoms with van der Waals surface area (Å²) in [5.41, 5.74) is 6.07. The molecule has 40 heavy (non-hydrogen) atoms. The number of methoxy groups -OCH3 is 1. The third-order valence-corrected chi connectivity index (χ3v) is 8.28. The molecule has 3 rings (SSSR count). The molecule has 6 nitrogen and oxygen atoms in total. The number of hydrogen-bond acceptors (Lipinski definition) is 6. The van der Waals surface area contributed by atoms with Gasteiger partial charge in [-0.05, 0) is 76.0 Å². The topological polar surface area (TPSA) is 69.1 Å². The number of halogens is 2. The second-order valence-corrected chi connectivity index (χ2v) is 13.7. The van der Waals surface area contributed by atoms with Gasteiger partial charge in [0.05, 0.1) is 18.9 Å². The van der Waals surface area contributed by atoms with E-state index in [2.05, 4.69) is 38.2 Å². The van der Waals surface area contributed by atoms with Crippen LogP contribution in [-0.4, -0.2) is 67.4 Å². The van der Waals surface area contributed by atoms with Gasteiger partial charge < -0.3 is 19.5 Å². The number of nitrogens with one attached hydrogen (secondary N) is 1. The van der Waals surface area contributed by atoms with Crippen LogP contribution in [0.15, 0.2) is 47.0 Å². The zero-order valence-electron chi connectivity index (χ0n) is 24.6. The number of allylic oxidation sites excluding steroid dienone is 2. The fourth-order valence-electron chi connectivity index (χ4n) is 4.44. The summed E-state index contributed by atoms with van der Waals surface area (Å²) in [5.74, 6) is 0.321. The molecular weight excluding hydrogens is 551 g/mol. The van der Waals surface area contributed by atoms with Crippen LogP contribution in [0.25, 0.3) is 0 Å². The molecule has 0 aromatic heterocycles. The fourth-order valence-corrected chi connectivity index (χ4v) is 5.40. The monoisotopic (exact) mass is 592 g/mol. The van der Waals surface area contributed by atoms with Crippen molar-refractivity contribution in [1.82, 2.24) is 0 Å². The van der Waals surface area contributed by atoms with Gasteiger partial charge >= 0.3 is 0 Å². The minimum absolute atomic E-state index is 0.150. The fraction of sp³-hybridized carbons (Fsp3) is 0.484. The number of nitrogens with zero attached hydrogens (tertiary/aromatic N) is 1. The zero-order chi connectivity index (χ0) is 29.4. The first-order valence-corrected chi connectivity index (χ1v) is 16.5. The first kappa shape index (κ1) is 32.1. The molecule has 0 radical (unpaired) electrons. The molecule has 1 fully saturated rings. The van der Waals surface area contributed by atoms with Crippen LogP contribution in [-0.2, 0) is 24.9 Å². The van der Waals surface area contributed by atoms with E-state index in [4.69, 9.17) is 30.8 Å². The summed E-state index contributed by atoms with van der Waals surface area (Å²) in [5, 5.41) is 5.23. The molecule has 1 aliphatic heterocycles. The molecule has 2 aromatic carbocycles. The van der Waals surface area contributed by atoms with Gasteiger partial charge in [0, 0.05) is 49.9 Å². The lowest BCUT2D eigenvalue weighted by Gasteiger charge is -2.21. The quantitative estimate of drug-likeness (QED) is 0.168. The Labute approximate surface area is 244 Å². The van der Waals surface area contributed by atoms with E-state index in [1.807, 2.05) is 18.5 Å². The Morgan fingerprint density at radius 2 is 2.00 bits per heavy atom. The highest BCUT2D eigenvalue weighted by molar-refractivity contribution is 8.00. The van der Waals surface area contributed by atoms with E-state index in [-0.39, 0.29) is 24.0 Å². The Morgan fingerprint density at radius 3 is 2.62 bits per heavy atom. The molecule has 3 atom stereocenters. The summed E-state index contributed by atoms with van der Waals surface area (Å²) >= 11 is 6.54. The Morgan fingerprint density at radius 1 is 1.27 bits per heavy atom. The van der Waals surface area contributed by atoms with E-state index >= 15 is 0 Å². The molecule has 0 bridgehead atoms. The van der Waals surface area contributed by atoms with Crippen LogP contribution < -0.4 is 10.1 Å². The van der Waals surface area contributed by atoms with E-state index in [9.17, 15) is 8.60 Å². The van der Waals surface area contributed by atoms with Crippen LogP contribution in [0, 0.1) is 5.82 Å². The van der Waals surface area contributed by atoms with Gasteiger partial charge in [0.15, 0.2) is 6.10 Å². The standard InChI is InChI=1S/C31H42ClFN2O4S/c1-8-20(2)13-27(35-25-10-9-24(33)16-28(25)39-30-19-38-18-29(30)37-5)31-23(17-32)14-22(15-26(31)34-4)21(3)11-12-40(6,7)36/h9-10,12-16,21,29-30,34H,8,11,17-19H2,1-7H3. The SMILES string of the molecule is CCC(C)=CC(=Nc1ccc(F)cc1OC1COCC1OC)c1c(CCl)cc(C(C)CC=S(C)(C)=O)cc1NC. The Hall–Kier alpha value is -2.39.